The van der Waals surface area contributed by atoms with Gasteiger partial charge in [-0.2, -0.15) is 13.2 Å². The maximum atomic E-state index is 12.2. The molecular weight excluding hydrogens is 291 g/mol. The molecule has 2 amide bonds. The molecule has 116 valence electrons. The molecule has 0 unspecified atom stereocenters. The highest BCUT2D eigenvalue weighted by Crippen LogP contribution is 2.16. The van der Waals surface area contributed by atoms with Crippen molar-refractivity contribution in [3.8, 4) is 0 Å². The van der Waals surface area contributed by atoms with E-state index in [1.807, 2.05) is 0 Å². The fourth-order valence-corrected chi connectivity index (χ4v) is 1.49. The summed E-state index contributed by atoms with van der Waals surface area (Å²) in [6.45, 7) is -0.0122. The Labute approximate surface area is 118 Å². The van der Waals surface area contributed by atoms with E-state index in [0.29, 0.717) is 10.5 Å². The van der Waals surface area contributed by atoms with Crippen molar-refractivity contribution < 1.29 is 27.9 Å². The lowest BCUT2D eigenvalue weighted by Gasteiger charge is -2.22. The van der Waals surface area contributed by atoms with E-state index in [9.17, 15) is 22.8 Å². The predicted octanol–water partition coefficient (Wildman–Crippen LogP) is 1.87. The number of aromatic carboxylic acids is 1. The lowest BCUT2D eigenvalue weighted by molar-refractivity contribution is -0.139. The third-order valence-corrected chi connectivity index (χ3v) is 2.53. The molecule has 0 fully saturated rings. The van der Waals surface area contributed by atoms with Crippen molar-refractivity contribution in [2.45, 2.75) is 19.6 Å². The third kappa shape index (κ3) is 5.67. The van der Waals surface area contributed by atoms with E-state index in [4.69, 9.17) is 5.11 Å². The summed E-state index contributed by atoms with van der Waals surface area (Å²) in [5.74, 6) is -1.19. The van der Waals surface area contributed by atoms with Crippen molar-refractivity contribution in [1.29, 1.82) is 0 Å². The number of carboxylic acids is 1. The van der Waals surface area contributed by atoms with Crippen LogP contribution < -0.4 is 5.32 Å². The second-order valence-electron chi connectivity index (χ2n) is 4.14. The Hall–Kier alpha value is -2.32. The van der Waals surface area contributed by atoms with Crippen molar-refractivity contribution in [2.24, 2.45) is 0 Å². The van der Waals surface area contributed by atoms with Crippen LogP contribution in [0.5, 0.6) is 0 Å². The molecule has 1 heterocycles. The minimum atomic E-state index is -4.46. The summed E-state index contributed by atoms with van der Waals surface area (Å²) in [5, 5.41) is 11.0. The first kappa shape index (κ1) is 16.7. The molecule has 9 heteroatoms. The van der Waals surface area contributed by atoms with E-state index >= 15 is 0 Å². The van der Waals surface area contributed by atoms with Crippen LogP contribution >= 0.6 is 0 Å². The summed E-state index contributed by atoms with van der Waals surface area (Å²) < 4.78 is 36.7. The molecule has 0 saturated carbocycles. The Morgan fingerprint density at radius 2 is 2.05 bits per heavy atom. The van der Waals surface area contributed by atoms with Gasteiger partial charge in [0.15, 0.2) is 0 Å². The number of amides is 2. The maximum Gasteiger partial charge on any atom is 0.406 e. The van der Waals surface area contributed by atoms with Crippen molar-refractivity contribution in [1.82, 2.24) is 15.2 Å². The highest BCUT2D eigenvalue weighted by molar-refractivity contribution is 5.85. The molecule has 0 saturated heterocycles. The number of alkyl halides is 3. The van der Waals surface area contributed by atoms with Gasteiger partial charge in [-0.1, -0.05) is 6.07 Å². The van der Waals surface area contributed by atoms with E-state index in [0.717, 1.165) is 0 Å². The van der Waals surface area contributed by atoms with Gasteiger partial charge in [0, 0.05) is 19.3 Å². The van der Waals surface area contributed by atoms with Crippen LogP contribution in [0, 0.1) is 0 Å². The number of hydrogen-bond donors (Lipinski definition) is 2. The molecule has 0 spiro atoms. The van der Waals surface area contributed by atoms with Gasteiger partial charge < -0.3 is 15.3 Å². The van der Waals surface area contributed by atoms with Gasteiger partial charge in [-0.3, -0.25) is 0 Å². The van der Waals surface area contributed by atoms with E-state index < -0.39 is 24.7 Å². The molecule has 0 aliphatic rings. The number of carboxylic acid groups (broad SMARTS) is 1. The van der Waals surface area contributed by atoms with Gasteiger partial charge in [-0.05, 0) is 18.6 Å². The highest BCUT2D eigenvalue weighted by atomic mass is 19.4. The summed E-state index contributed by atoms with van der Waals surface area (Å²) in [4.78, 5) is 26.5. The number of nitrogens with zero attached hydrogens (tertiary/aromatic N) is 2. The van der Waals surface area contributed by atoms with Gasteiger partial charge in [-0.25, -0.2) is 14.6 Å². The van der Waals surface area contributed by atoms with Gasteiger partial charge >= 0.3 is 18.2 Å². The predicted molar refractivity (Wildman–Crippen MR) is 66.7 cm³/mol. The number of aromatic nitrogens is 1. The number of rotatable bonds is 5. The van der Waals surface area contributed by atoms with Crippen LogP contribution in [0.2, 0.25) is 0 Å². The zero-order chi connectivity index (χ0) is 16.0. The summed E-state index contributed by atoms with van der Waals surface area (Å²) in [7, 11) is 0. The normalized spacial score (nSPS) is 11.0. The van der Waals surface area contributed by atoms with Gasteiger partial charge in [0.2, 0.25) is 0 Å². The first-order chi connectivity index (χ1) is 9.73. The van der Waals surface area contributed by atoms with Gasteiger partial charge in [0.05, 0.1) is 0 Å². The third-order valence-electron chi connectivity index (χ3n) is 2.53. The topological polar surface area (TPSA) is 82.5 Å². The van der Waals surface area contributed by atoms with Crippen LogP contribution in [-0.4, -0.2) is 46.3 Å². The number of pyridine rings is 1. The molecule has 1 rings (SSSR count). The van der Waals surface area contributed by atoms with Crippen molar-refractivity contribution in [3.63, 3.8) is 0 Å². The van der Waals surface area contributed by atoms with Gasteiger partial charge in [0.25, 0.3) is 0 Å². The summed E-state index contributed by atoms with van der Waals surface area (Å²) in [6.07, 6.45) is -3.22. The number of hydrogen-bond acceptors (Lipinski definition) is 3. The average molecular weight is 305 g/mol. The standard InChI is InChI=1S/C12H14F3N3O3/c1-2-18(7-12(13,14)15)11(21)17-6-8-3-4-9(10(19)20)16-5-8/h3-5H,2,6-7H2,1H3,(H,17,21)(H,19,20). The van der Waals surface area contributed by atoms with Crippen LogP contribution in [0.4, 0.5) is 18.0 Å². The molecule has 1 aromatic heterocycles. The molecule has 0 bridgehead atoms. The van der Waals surface area contributed by atoms with E-state index in [-0.39, 0.29) is 18.8 Å². The van der Waals surface area contributed by atoms with Crippen LogP contribution in [0.25, 0.3) is 0 Å². The fraction of sp³-hybridized carbons (Fsp3) is 0.417. The molecule has 1 aromatic rings. The number of halogens is 3. The molecule has 6 nitrogen and oxygen atoms in total. The smallest absolute Gasteiger partial charge is 0.406 e. The van der Waals surface area contributed by atoms with Crippen molar-refractivity contribution in [2.75, 3.05) is 13.1 Å². The van der Waals surface area contributed by atoms with Crippen molar-refractivity contribution >= 4 is 12.0 Å². The maximum absolute atomic E-state index is 12.2. The average Bonchev–Trinajstić information content (AvgIpc) is 2.41. The van der Waals surface area contributed by atoms with Crippen LogP contribution in [0.3, 0.4) is 0 Å². The molecule has 0 aliphatic carbocycles. The molecule has 0 atom stereocenters. The molecule has 0 aliphatic heterocycles. The van der Waals surface area contributed by atoms with Gasteiger partial charge in [0.1, 0.15) is 12.2 Å². The van der Waals surface area contributed by atoms with Crippen molar-refractivity contribution in [3.05, 3.63) is 29.6 Å². The van der Waals surface area contributed by atoms with E-state index in [1.54, 1.807) is 0 Å². The minimum Gasteiger partial charge on any atom is -0.477 e. The number of nitrogens with one attached hydrogen (secondary N) is 1. The summed E-state index contributed by atoms with van der Waals surface area (Å²) in [6, 6.07) is 1.82. The zero-order valence-electron chi connectivity index (χ0n) is 11.1. The molecular formula is C12H14F3N3O3. The molecule has 21 heavy (non-hydrogen) atoms. The van der Waals surface area contributed by atoms with E-state index in [2.05, 4.69) is 10.3 Å². The van der Waals surface area contributed by atoms with Gasteiger partial charge in [-0.15, -0.1) is 0 Å². The Bertz CT molecular complexity index is 503. The second-order valence-corrected chi connectivity index (χ2v) is 4.14. The Balaban J connectivity index is 2.57. The first-order valence-electron chi connectivity index (χ1n) is 6.00. The van der Waals surface area contributed by atoms with Crippen LogP contribution in [0.1, 0.15) is 23.0 Å². The number of urea groups is 1. The van der Waals surface area contributed by atoms with Crippen LogP contribution in [-0.2, 0) is 6.54 Å². The second kappa shape index (κ2) is 6.91. The molecule has 0 radical (unpaired) electrons. The quantitative estimate of drug-likeness (QED) is 0.870. The lowest BCUT2D eigenvalue weighted by Crippen LogP contribution is -2.44. The minimum absolute atomic E-state index is 0.0416. The lowest BCUT2D eigenvalue weighted by atomic mass is 10.2. The Morgan fingerprint density at radius 3 is 2.48 bits per heavy atom. The number of carbonyl (C=O) groups excluding carboxylic acids is 1. The zero-order valence-corrected chi connectivity index (χ0v) is 11.1. The van der Waals surface area contributed by atoms with Crippen LogP contribution in [0.15, 0.2) is 18.3 Å². The largest absolute Gasteiger partial charge is 0.477 e. The summed E-state index contributed by atoms with van der Waals surface area (Å²) >= 11 is 0. The molecule has 2 N–H and O–H groups in total. The highest BCUT2D eigenvalue weighted by Gasteiger charge is 2.32. The Kier molecular flexibility index (Phi) is 5.51. The monoisotopic (exact) mass is 305 g/mol. The van der Waals surface area contributed by atoms with E-state index in [1.165, 1.54) is 25.3 Å². The first-order valence-corrected chi connectivity index (χ1v) is 6.00. The SMILES string of the molecule is CCN(CC(F)(F)F)C(=O)NCc1ccc(C(=O)O)nc1. The fourth-order valence-electron chi connectivity index (χ4n) is 1.49. The molecule has 0 aromatic carbocycles. The number of carbonyl (C=O) groups is 2. The Morgan fingerprint density at radius 1 is 1.38 bits per heavy atom. The summed E-state index contributed by atoms with van der Waals surface area (Å²) in [5.41, 5.74) is 0.328.